The number of likely N-dealkylation sites (tertiary alicyclic amines) is 1. The number of hydrogen-bond acceptors (Lipinski definition) is 5. The highest BCUT2D eigenvalue weighted by atomic mass is 32.2. The Morgan fingerprint density at radius 3 is 2.27 bits per heavy atom. The first kappa shape index (κ1) is 26.3. The average Bonchev–Trinajstić information content (AvgIpc) is 3.20. The minimum atomic E-state index is -0.713. The van der Waals surface area contributed by atoms with Crippen molar-refractivity contribution in [2.45, 2.75) is 102 Å². The molecule has 3 aliphatic rings. The summed E-state index contributed by atoms with van der Waals surface area (Å²) in [5.41, 5.74) is -0.441. The highest BCUT2D eigenvalue weighted by Gasteiger charge is 2.77. The number of fused-ring (bicyclic) bond motifs is 1. The van der Waals surface area contributed by atoms with Gasteiger partial charge in [0.2, 0.25) is 17.7 Å². The number of carbonyl (C=O) groups excluding carboxylic acids is 3. The molecule has 0 aromatic heterocycles. The van der Waals surface area contributed by atoms with E-state index in [1.54, 1.807) is 23.7 Å². The molecule has 0 aliphatic carbocycles. The Hall–Kier alpha value is -1.28. The normalized spacial score (nSPS) is 34.6. The van der Waals surface area contributed by atoms with Crippen LogP contribution in [-0.2, 0) is 14.4 Å². The molecule has 2 unspecified atom stereocenters. The Kier molecular flexibility index (Phi) is 6.73. The van der Waals surface area contributed by atoms with Gasteiger partial charge in [-0.25, -0.2) is 0 Å². The van der Waals surface area contributed by atoms with Crippen LogP contribution in [0.1, 0.15) is 74.7 Å². The molecule has 3 heterocycles. The second-order valence-electron chi connectivity index (χ2n) is 12.7. The molecular weight excluding hydrogens is 438 g/mol. The lowest BCUT2D eigenvalue weighted by molar-refractivity contribution is -0.144. The second-order valence-corrected chi connectivity index (χ2v) is 14.6. The van der Waals surface area contributed by atoms with Crippen LogP contribution in [0.3, 0.4) is 0 Å². The lowest BCUT2D eigenvalue weighted by Gasteiger charge is -2.41. The van der Waals surface area contributed by atoms with Gasteiger partial charge >= 0.3 is 0 Å². The number of nitrogens with one attached hydrogen (secondary N) is 2. The first-order valence-electron chi connectivity index (χ1n) is 12.2. The van der Waals surface area contributed by atoms with Crippen molar-refractivity contribution in [3.63, 3.8) is 0 Å². The maximum atomic E-state index is 14.0. The van der Waals surface area contributed by atoms with Crippen molar-refractivity contribution in [1.82, 2.24) is 15.5 Å². The van der Waals surface area contributed by atoms with E-state index in [4.69, 9.17) is 0 Å². The Bertz CT molecular complexity index is 823. The minimum absolute atomic E-state index is 0.0205. The maximum Gasteiger partial charge on any atom is 0.244 e. The Labute approximate surface area is 203 Å². The molecule has 8 heteroatoms. The predicted octanol–water partition coefficient (Wildman–Crippen LogP) is 2.56. The van der Waals surface area contributed by atoms with Gasteiger partial charge in [0.15, 0.2) is 0 Å². The number of aliphatic hydroxyl groups is 1. The topological polar surface area (TPSA) is 98.7 Å². The molecule has 3 amide bonds. The molecule has 3 N–H and O–H groups in total. The molecule has 7 nitrogen and oxygen atoms in total. The number of aliphatic hydroxyl groups excluding tert-OH is 1. The molecular formula is C25H43N3O4S. The van der Waals surface area contributed by atoms with E-state index in [9.17, 15) is 19.5 Å². The van der Waals surface area contributed by atoms with Crippen LogP contribution in [0.2, 0.25) is 0 Å². The fraction of sp³-hybridized carbons (Fsp3) is 0.880. The second kappa shape index (κ2) is 8.43. The van der Waals surface area contributed by atoms with Crippen LogP contribution in [0.4, 0.5) is 0 Å². The van der Waals surface area contributed by atoms with Gasteiger partial charge in [0.05, 0.1) is 29.2 Å². The standard InChI is InChI=1S/C25H43N3O4S/c1-14(2)15(12-29)28-18(20(31)27-23(6,7)13-22(3,4)5)25-11-10-24(8,33-25)16(19(30)26-9)17(25)21(28)32/h14-18,29H,10-13H2,1-9H3,(H,26,30)(H,27,31)/t15-,16-,17-,18?,24+,25?/m0/s1. The lowest BCUT2D eigenvalue weighted by atomic mass is 9.66. The fourth-order valence-electron chi connectivity index (χ4n) is 6.97. The first-order valence-corrected chi connectivity index (χ1v) is 13.0. The van der Waals surface area contributed by atoms with Gasteiger partial charge in [-0.1, -0.05) is 34.6 Å². The molecule has 3 saturated heterocycles. The van der Waals surface area contributed by atoms with E-state index in [-0.39, 0.29) is 40.4 Å². The zero-order chi connectivity index (χ0) is 25.1. The third kappa shape index (κ3) is 4.30. The maximum absolute atomic E-state index is 14.0. The highest BCUT2D eigenvalue weighted by Crippen LogP contribution is 2.71. The van der Waals surface area contributed by atoms with Crippen molar-refractivity contribution in [1.29, 1.82) is 0 Å². The van der Waals surface area contributed by atoms with Crippen molar-refractivity contribution in [2.75, 3.05) is 13.7 Å². The van der Waals surface area contributed by atoms with E-state index in [2.05, 4.69) is 38.3 Å². The first-order chi connectivity index (χ1) is 15.0. The summed E-state index contributed by atoms with van der Waals surface area (Å²) >= 11 is 1.66. The minimum Gasteiger partial charge on any atom is -0.394 e. The molecule has 3 fully saturated rings. The van der Waals surface area contributed by atoms with E-state index in [1.807, 2.05) is 27.7 Å². The smallest absolute Gasteiger partial charge is 0.244 e. The summed E-state index contributed by atoms with van der Waals surface area (Å²) in [6.07, 6.45) is 2.28. The quantitative estimate of drug-likeness (QED) is 0.519. The number of hydrogen-bond donors (Lipinski definition) is 3. The molecule has 0 aromatic rings. The van der Waals surface area contributed by atoms with Crippen molar-refractivity contribution >= 4 is 29.5 Å². The zero-order valence-electron chi connectivity index (χ0n) is 21.7. The molecule has 33 heavy (non-hydrogen) atoms. The summed E-state index contributed by atoms with van der Waals surface area (Å²) in [6.45, 7) is 16.2. The van der Waals surface area contributed by atoms with E-state index in [0.717, 1.165) is 12.8 Å². The van der Waals surface area contributed by atoms with Crippen LogP contribution in [-0.4, -0.2) is 68.5 Å². The van der Waals surface area contributed by atoms with Crippen LogP contribution in [0.5, 0.6) is 0 Å². The van der Waals surface area contributed by atoms with E-state index in [1.165, 1.54) is 0 Å². The summed E-state index contributed by atoms with van der Waals surface area (Å²) < 4.78 is -1.04. The summed E-state index contributed by atoms with van der Waals surface area (Å²) in [6, 6.07) is -1.19. The summed E-state index contributed by atoms with van der Waals surface area (Å²) in [7, 11) is 1.61. The molecule has 0 saturated carbocycles. The molecule has 6 atom stereocenters. The Morgan fingerprint density at radius 2 is 1.79 bits per heavy atom. The third-order valence-corrected chi connectivity index (χ3v) is 9.73. The Balaban J connectivity index is 2.08. The highest BCUT2D eigenvalue weighted by molar-refractivity contribution is 8.02. The van der Waals surface area contributed by atoms with Gasteiger partial charge < -0.3 is 20.6 Å². The molecule has 3 rings (SSSR count). The van der Waals surface area contributed by atoms with Crippen LogP contribution in [0.15, 0.2) is 0 Å². The number of rotatable bonds is 7. The van der Waals surface area contributed by atoms with Gasteiger partial charge in [-0.2, -0.15) is 0 Å². The van der Waals surface area contributed by atoms with E-state index in [0.29, 0.717) is 6.42 Å². The number of carbonyl (C=O) groups is 3. The van der Waals surface area contributed by atoms with Crippen molar-refractivity contribution in [2.24, 2.45) is 23.2 Å². The molecule has 0 aromatic carbocycles. The number of nitrogens with zero attached hydrogens (tertiary/aromatic N) is 1. The lowest BCUT2D eigenvalue weighted by Crippen LogP contribution is -2.60. The summed E-state index contributed by atoms with van der Waals surface area (Å²) in [5.74, 6) is -1.54. The van der Waals surface area contributed by atoms with E-state index >= 15 is 0 Å². The van der Waals surface area contributed by atoms with Gasteiger partial charge in [0, 0.05) is 17.3 Å². The monoisotopic (exact) mass is 481 g/mol. The van der Waals surface area contributed by atoms with E-state index < -0.39 is 34.2 Å². The van der Waals surface area contributed by atoms with Crippen LogP contribution >= 0.6 is 11.8 Å². The van der Waals surface area contributed by atoms with Gasteiger partial charge in [0.25, 0.3) is 0 Å². The number of thioether (sulfide) groups is 1. The van der Waals surface area contributed by atoms with Crippen molar-refractivity contribution < 1.29 is 19.5 Å². The van der Waals surface area contributed by atoms with Gasteiger partial charge in [-0.3, -0.25) is 14.4 Å². The van der Waals surface area contributed by atoms with Crippen LogP contribution in [0.25, 0.3) is 0 Å². The van der Waals surface area contributed by atoms with Gasteiger partial charge in [0.1, 0.15) is 6.04 Å². The van der Waals surface area contributed by atoms with Gasteiger partial charge in [-0.05, 0) is 51.4 Å². The fourth-order valence-corrected chi connectivity index (χ4v) is 9.31. The molecule has 2 bridgehead atoms. The van der Waals surface area contributed by atoms with Crippen LogP contribution in [0, 0.1) is 23.2 Å². The molecule has 188 valence electrons. The molecule has 0 radical (unpaired) electrons. The van der Waals surface area contributed by atoms with Crippen molar-refractivity contribution in [3.8, 4) is 0 Å². The summed E-state index contributed by atoms with van der Waals surface area (Å²) in [5, 5.41) is 16.3. The SMILES string of the molecule is CNC(=O)[C@@H]1[C@H]2C(=O)N([C@@H](CO)C(C)C)C(C(=O)NC(C)(C)CC(C)(C)C)C23CC[C@@]1(C)S3. The molecule has 3 aliphatic heterocycles. The molecule has 1 spiro atoms. The van der Waals surface area contributed by atoms with Gasteiger partial charge in [-0.15, -0.1) is 11.8 Å². The summed E-state index contributed by atoms with van der Waals surface area (Å²) in [4.78, 5) is 42.7. The largest absolute Gasteiger partial charge is 0.394 e. The average molecular weight is 482 g/mol. The number of amides is 3. The van der Waals surface area contributed by atoms with Crippen molar-refractivity contribution in [3.05, 3.63) is 0 Å². The predicted molar refractivity (Wildman–Crippen MR) is 132 cm³/mol. The Morgan fingerprint density at radius 1 is 1.18 bits per heavy atom. The third-order valence-electron chi connectivity index (χ3n) is 7.74. The van der Waals surface area contributed by atoms with Crippen LogP contribution < -0.4 is 10.6 Å². The zero-order valence-corrected chi connectivity index (χ0v) is 22.6.